The fraction of sp³-hybridized carbons (Fsp3) is 0.300. The maximum atomic E-state index is 8.69. The van der Waals surface area contributed by atoms with Crippen LogP contribution in [0.1, 0.15) is 55.7 Å². The number of pyridine rings is 1. The highest BCUT2D eigenvalue weighted by molar-refractivity contribution is 6.10. The van der Waals surface area contributed by atoms with Crippen LogP contribution in [0.3, 0.4) is 0 Å². The first-order valence-corrected chi connectivity index (χ1v) is 11.6. The molecule has 4 nitrogen and oxygen atoms in total. The molecule has 0 saturated heterocycles. The van der Waals surface area contributed by atoms with Crippen LogP contribution < -0.4 is 0 Å². The minimum Gasteiger partial charge on any atom is -0.455 e. The van der Waals surface area contributed by atoms with E-state index in [9.17, 15) is 0 Å². The summed E-state index contributed by atoms with van der Waals surface area (Å²) in [5.74, 6) is 0.799. The summed E-state index contributed by atoms with van der Waals surface area (Å²) in [6, 6.07) is 17.7. The molecular weight excluding hydrogens is 418 g/mol. The molecule has 0 N–H and O–H groups in total. The van der Waals surface area contributed by atoms with Gasteiger partial charge in [0.1, 0.15) is 17.0 Å². The van der Waals surface area contributed by atoms with Gasteiger partial charge in [0.25, 0.3) is 0 Å². The van der Waals surface area contributed by atoms with Gasteiger partial charge in [0.15, 0.2) is 0 Å². The Hall–Kier alpha value is -3.53. The zero-order valence-corrected chi connectivity index (χ0v) is 20.6. The molecule has 0 aliphatic carbocycles. The molecule has 3 aromatic heterocycles. The van der Waals surface area contributed by atoms with Gasteiger partial charge in [-0.25, -0.2) is 9.97 Å². The van der Waals surface area contributed by atoms with Gasteiger partial charge >= 0.3 is 0 Å². The molecule has 0 saturated carbocycles. The van der Waals surface area contributed by atoms with Gasteiger partial charge in [0.05, 0.1) is 11.4 Å². The third-order valence-corrected chi connectivity index (χ3v) is 5.68. The first-order valence-electron chi connectivity index (χ1n) is 12.6. The minimum atomic E-state index is -1.51. The standard InChI is InChI=1S/C30H31N3O/c1-29(2,3)18-19-12-14-31-25(16-19)23-9-7-8-22-21-11-10-20(17-26(21)34-27(22)23)24-13-15-32-28(33-24)30(4,5)6/h7-17H,18H2,1-6H3/i18D2. The number of para-hydroxylation sites is 1. The first kappa shape index (κ1) is 19.9. The second-order valence-corrected chi connectivity index (χ2v) is 10.8. The number of nitrogens with zero attached hydrogens (tertiary/aromatic N) is 3. The molecule has 34 heavy (non-hydrogen) atoms. The van der Waals surface area contributed by atoms with E-state index in [1.54, 1.807) is 18.5 Å². The lowest BCUT2D eigenvalue weighted by molar-refractivity contribution is 0.411. The quantitative estimate of drug-likeness (QED) is 0.279. The van der Waals surface area contributed by atoms with Crippen LogP contribution in [0.25, 0.3) is 44.5 Å². The maximum Gasteiger partial charge on any atom is 0.144 e. The third kappa shape index (κ3) is 4.33. The molecule has 0 bridgehead atoms. The molecule has 0 unspecified atom stereocenters. The molecule has 0 amide bonds. The summed E-state index contributed by atoms with van der Waals surface area (Å²) in [5.41, 5.74) is 4.78. The number of rotatable bonds is 3. The second-order valence-electron chi connectivity index (χ2n) is 10.8. The average molecular weight is 452 g/mol. The molecular formula is C30H31N3O. The van der Waals surface area contributed by atoms with E-state index in [-0.39, 0.29) is 5.41 Å². The predicted octanol–water partition coefficient (Wildman–Crippen LogP) is 7.99. The van der Waals surface area contributed by atoms with Crippen LogP contribution in [-0.2, 0) is 11.8 Å². The van der Waals surface area contributed by atoms with E-state index in [1.807, 2.05) is 57.2 Å². The highest BCUT2D eigenvalue weighted by Gasteiger charge is 2.19. The van der Waals surface area contributed by atoms with Crippen LogP contribution in [-0.4, -0.2) is 15.0 Å². The zero-order valence-electron chi connectivity index (χ0n) is 22.6. The second kappa shape index (κ2) is 8.05. The fourth-order valence-electron chi connectivity index (χ4n) is 4.13. The van der Waals surface area contributed by atoms with Crippen molar-refractivity contribution in [1.29, 1.82) is 0 Å². The van der Waals surface area contributed by atoms with E-state index in [0.29, 0.717) is 11.3 Å². The number of furan rings is 1. The number of hydrogen-bond acceptors (Lipinski definition) is 4. The topological polar surface area (TPSA) is 51.8 Å². The van der Waals surface area contributed by atoms with Crippen LogP contribution in [0.5, 0.6) is 0 Å². The van der Waals surface area contributed by atoms with Crippen LogP contribution in [0, 0.1) is 5.41 Å². The number of fused-ring (bicyclic) bond motifs is 3. The molecule has 0 aliphatic heterocycles. The number of benzene rings is 2. The maximum absolute atomic E-state index is 8.69. The lowest BCUT2D eigenvalue weighted by atomic mass is 9.88. The van der Waals surface area contributed by atoms with Crippen molar-refractivity contribution in [1.82, 2.24) is 15.0 Å². The van der Waals surface area contributed by atoms with Gasteiger partial charge in [-0.2, -0.15) is 0 Å². The van der Waals surface area contributed by atoms with E-state index in [1.165, 1.54) is 0 Å². The summed E-state index contributed by atoms with van der Waals surface area (Å²) in [6.45, 7) is 12.0. The summed E-state index contributed by atoms with van der Waals surface area (Å²) in [7, 11) is 0. The largest absolute Gasteiger partial charge is 0.455 e. The summed E-state index contributed by atoms with van der Waals surface area (Å²) < 4.78 is 23.8. The molecule has 3 heterocycles. The minimum absolute atomic E-state index is 0.140. The van der Waals surface area contributed by atoms with Gasteiger partial charge in [-0.1, -0.05) is 59.7 Å². The van der Waals surface area contributed by atoms with Crippen molar-refractivity contribution in [2.24, 2.45) is 5.41 Å². The normalized spacial score (nSPS) is 13.8. The average Bonchev–Trinajstić information content (AvgIpc) is 3.21. The van der Waals surface area contributed by atoms with Crippen LogP contribution in [0.4, 0.5) is 0 Å². The Balaban J connectivity index is 1.63. The van der Waals surface area contributed by atoms with Crippen LogP contribution in [0.2, 0.25) is 0 Å². The van der Waals surface area contributed by atoms with Crippen molar-refractivity contribution < 1.29 is 7.16 Å². The van der Waals surface area contributed by atoms with E-state index < -0.39 is 11.8 Å². The highest BCUT2D eigenvalue weighted by atomic mass is 16.3. The lowest BCUT2D eigenvalue weighted by Crippen LogP contribution is -2.15. The monoisotopic (exact) mass is 451 g/mol. The number of aromatic nitrogens is 3. The Kier molecular flexibility index (Phi) is 4.71. The van der Waals surface area contributed by atoms with E-state index >= 15 is 0 Å². The van der Waals surface area contributed by atoms with Crippen LogP contribution in [0.15, 0.2) is 71.4 Å². The third-order valence-electron chi connectivity index (χ3n) is 5.68. The van der Waals surface area contributed by atoms with Crippen molar-refractivity contribution in [3.8, 4) is 22.5 Å². The van der Waals surface area contributed by atoms with E-state index in [2.05, 4.69) is 42.9 Å². The molecule has 0 fully saturated rings. The molecule has 5 aromatic rings. The van der Waals surface area contributed by atoms with Crippen molar-refractivity contribution in [2.45, 2.75) is 53.3 Å². The molecule has 0 spiro atoms. The molecule has 172 valence electrons. The Morgan fingerprint density at radius 2 is 1.62 bits per heavy atom. The summed E-state index contributed by atoms with van der Waals surface area (Å²) in [6.07, 6.45) is 1.97. The Morgan fingerprint density at radius 1 is 0.824 bits per heavy atom. The van der Waals surface area contributed by atoms with Gasteiger partial charge < -0.3 is 4.42 Å². The summed E-state index contributed by atoms with van der Waals surface area (Å²) in [4.78, 5) is 13.8. The van der Waals surface area contributed by atoms with Crippen molar-refractivity contribution in [3.05, 3.63) is 78.4 Å². The summed E-state index contributed by atoms with van der Waals surface area (Å²) >= 11 is 0. The molecule has 0 atom stereocenters. The highest BCUT2D eigenvalue weighted by Crippen LogP contribution is 2.37. The van der Waals surface area contributed by atoms with Gasteiger partial charge in [0, 0.05) is 42.4 Å². The van der Waals surface area contributed by atoms with Gasteiger partial charge in [-0.15, -0.1) is 0 Å². The van der Waals surface area contributed by atoms with Crippen LogP contribution >= 0.6 is 0 Å². The van der Waals surface area contributed by atoms with E-state index in [4.69, 9.17) is 12.1 Å². The van der Waals surface area contributed by atoms with E-state index in [0.717, 1.165) is 44.6 Å². The van der Waals surface area contributed by atoms with Gasteiger partial charge in [0.2, 0.25) is 0 Å². The fourth-order valence-corrected chi connectivity index (χ4v) is 4.13. The first-order chi connectivity index (χ1) is 16.9. The zero-order chi connectivity index (χ0) is 25.9. The smallest absolute Gasteiger partial charge is 0.144 e. The predicted molar refractivity (Wildman–Crippen MR) is 140 cm³/mol. The molecule has 2 aromatic carbocycles. The molecule has 0 radical (unpaired) electrons. The Bertz CT molecular complexity index is 1590. The Morgan fingerprint density at radius 3 is 2.38 bits per heavy atom. The number of hydrogen-bond donors (Lipinski definition) is 0. The summed E-state index contributed by atoms with van der Waals surface area (Å²) in [5, 5.41) is 2.01. The van der Waals surface area contributed by atoms with Gasteiger partial charge in [-0.3, -0.25) is 4.98 Å². The van der Waals surface area contributed by atoms with Crippen molar-refractivity contribution in [2.75, 3.05) is 0 Å². The molecule has 5 rings (SSSR count). The molecule has 0 aliphatic rings. The molecule has 4 heteroatoms. The Labute approximate surface area is 203 Å². The SMILES string of the molecule is [2H]C([2H])(c1ccnc(-c2cccc3c2oc2cc(-c4ccnc(C(C)(C)C)n4)ccc23)c1)C(C)(C)C. The lowest BCUT2D eigenvalue weighted by Gasteiger charge is -2.18. The van der Waals surface area contributed by atoms with Crippen molar-refractivity contribution in [3.63, 3.8) is 0 Å². The van der Waals surface area contributed by atoms with Gasteiger partial charge in [-0.05, 0) is 53.7 Å². The van der Waals surface area contributed by atoms with Crippen molar-refractivity contribution >= 4 is 21.9 Å².